The van der Waals surface area contributed by atoms with Crippen molar-refractivity contribution in [1.29, 1.82) is 0 Å². The van der Waals surface area contributed by atoms with Gasteiger partial charge in [-0.25, -0.2) is 0 Å². The third-order valence-electron chi connectivity index (χ3n) is 3.05. The number of halogens is 1. The van der Waals surface area contributed by atoms with Crippen LogP contribution in [0.2, 0.25) is 0 Å². The number of aryl methyl sites for hydroxylation is 1. The van der Waals surface area contributed by atoms with Crippen LogP contribution in [0.15, 0.2) is 22.7 Å². The average Bonchev–Trinajstić information content (AvgIpc) is 2.45. The van der Waals surface area contributed by atoms with Crippen LogP contribution in [0, 0.1) is 6.92 Å². The predicted molar refractivity (Wildman–Crippen MR) is 83.2 cm³/mol. The van der Waals surface area contributed by atoms with Crippen LogP contribution in [-0.4, -0.2) is 51.3 Å². The van der Waals surface area contributed by atoms with Crippen LogP contribution >= 0.6 is 15.9 Å². The fourth-order valence-corrected chi connectivity index (χ4v) is 2.33. The number of carbonyl (C=O) groups is 1. The van der Waals surface area contributed by atoms with Crippen molar-refractivity contribution in [3.8, 4) is 0 Å². The minimum Gasteiger partial charge on any atom is -0.385 e. The van der Waals surface area contributed by atoms with E-state index in [1.54, 1.807) is 14.2 Å². The van der Waals surface area contributed by atoms with Crippen LogP contribution in [0.3, 0.4) is 0 Å². The fraction of sp³-hybridized carbons (Fsp3) is 0.533. The number of hydrogen-bond acceptors (Lipinski definition) is 3. The molecule has 0 aliphatic rings. The van der Waals surface area contributed by atoms with Crippen LogP contribution in [0.25, 0.3) is 0 Å². The van der Waals surface area contributed by atoms with Gasteiger partial charge in [-0.2, -0.15) is 0 Å². The molecule has 20 heavy (non-hydrogen) atoms. The number of amides is 1. The summed E-state index contributed by atoms with van der Waals surface area (Å²) in [4.78, 5) is 14.4. The first kappa shape index (κ1) is 17.1. The molecule has 0 unspecified atom stereocenters. The van der Waals surface area contributed by atoms with Gasteiger partial charge < -0.3 is 14.4 Å². The number of carbonyl (C=O) groups excluding carboxylic acids is 1. The van der Waals surface area contributed by atoms with Crippen molar-refractivity contribution in [2.75, 3.05) is 40.5 Å². The first-order valence-electron chi connectivity index (χ1n) is 6.64. The summed E-state index contributed by atoms with van der Waals surface area (Å²) in [5.74, 6) is 0.0220. The highest BCUT2D eigenvalue weighted by Crippen LogP contribution is 2.22. The van der Waals surface area contributed by atoms with Gasteiger partial charge in [-0.3, -0.25) is 4.79 Å². The van der Waals surface area contributed by atoms with Crippen molar-refractivity contribution < 1.29 is 14.3 Å². The van der Waals surface area contributed by atoms with Gasteiger partial charge in [0, 0.05) is 38.4 Å². The lowest BCUT2D eigenvalue weighted by Gasteiger charge is -2.23. The highest BCUT2D eigenvalue weighted by molar-refractivity contribution is 9.10. The third-order valence-corrected chi connectivity index (χ3v) is 4.10. The van der Waals surface area contributed by atoms with E-state index in [2.05, 4.69) is 15.9 Å². The van der Waals surface area contributed by atoms with Gasteiger partial charge in [0.05, 0.1) is 12.2 Å². The highest BCUT2D eigenvalue weighted by atomic mass is 79.9. The first-order chi connectivity index (χ1) is 9.61. The minimum absolute atomic E-state index is 0.0220. The van der Waals surface area contributed by atoms with Gasteiger partial charge in [0.25, 0.3) is 5.91 Å². The molecule has 0 radical (unpaired) electrons. The van der Waals surface area contributed by atoms with Crippen LogP contribution in [0.4, 0.5) is 0 Å². The topological polar surface area (TPSA) is 38.8 Å². The van der Waals surface area contributed by atoms with Gasteiger partial charge in [0.1, 0.15) is 0 Å². The Balaban J connectivity index is 2.82. The van der Waals surface area contributed by atoms with E-state index >= 15 is 0 Å². The Morgan fingerprint density at radius 3 is 2.55 bits per heavy atom. The molecule has 1 aromatic rings. The van der Waals surface area contributed by atoms with Crippen molar-refractivity contribution in [3.05, 3.63) is 33.8 Å². The molecular weight excluding hydrogens is 322 g/mol. The predicted octanol–water partition coefficient (Wildman–Crippen LogP) is 2.88. The van der Waals surface area contributed by atoms with E-state index in [0.29, 0.717) is 31.9 Å². The normalized spacial score (nSPS) is 10.6. The Hall–Kier alpha value is -0.910. The average molecular weight is 344 g/mol. The zero-order valence-electron chi connectivity index (χ0n) is 12.3. The number of nitrogens with zero attached hydrogens (tertiary/aromatic N) is 1. The minimum atomic E-state index is 0.0220. The van der Waals surface area contributed by atoms with Gasteiger partial charge >= 0.3 is 0 Å². The molecule has 0 saturated heterocycles. The molecule has 0 saturated carbocycles. The number of hydrogen-bond donors (Lipinski definition) is 0. The molecule has 0 aliphatic carbocycles. The molecule has 0 N–H and O–H groups in total. The monoisotopic (exact) mass is 343 g/mol. The summed E-state index contributed by atoms with van der Waals surface area (Å²) in [6.07, 6.45) is 0.815. The molecule has 5 heteroatoms. The highest BCUT2D eigenvalue weighted by Gasteiger charge is 2.18. The summed E-state index contributed by atoms with van der Waals surface area (Å²) in [7, 11) is 3.30. The smallest absolute Gasteiger partial charge is 0.255 e. The lowest BCUT2D eigenvalue weighted by Crippen LogP contribution is -2.35. The Morgan fingerprint density at radius 2 is 1.90 bits per heavy atom. The molecule has 1 rings (SSSR count). The second-order valence-corrected chi connectivity index (χ2v) is 5.36. The summed E-state index contributed by atoms with van der Waals surface area (Å²) >= 11 is 3.50. The second-order valence-electron chi connectivity index (χ2n) is 4.57. The maximum absolute atomic E-state index is 12.6. The van der Waals surface area contributed by atoms with E-state index in [4.69, 9.17) is 9.47 Å². The molecule has 0 bridgehead atoms. The van der Waals surface area contributed by atoms with Crippen molar-refractivity contribution in [2.24, 2.45) is 0 Å². The summed E-state index contributed by atoms with van der Waals surface area (Å²) in [5.41, 5.74) is 1.75. The quantitative estimate of drug-likeness (QED) is 0.681. The summed E-state index contributed by atoms with van der Waals surface area (Å²) in [6.45, 7) is 4.40. The molecule has 112 valence electrons. The standard InChI is InChI=1S/C15H22BrNO3/c1-12-6-4-7-13(14(12)16)15(18)17(9-11-20-3)8-5-10-19-2/h4,6-7H,5,8-11H2,1-3H3. The second kappa shape index (κ2) is 9.10. The Morgan fingerprint density at radius 1 is 1.20 bits per heavy atom. The largest absolute Gasteiger partial charge is 0.385 e. The Labute approximate surface area is 129 Å². The molecule has 0 atom stereocenters. The van der Waals surface area contributed by atoms with Crippen LogP contribution in [0.1, 0.15) is 22.3 Å². The number of ether oxygens (including phenoxy) is 2. The van der Waals surface area contributed by atoms with Gasteiger partial charge in [-0.1, -0.05) is 12.1 Å². The molecule has 0 spiro atoms. The Kier molecular flexibility index (Phi) is 7.80. The number of rotatable bonds is 8. The molecule has 0 aliphatic heterocycles. The first-order valence-corrected chi connectivity index (χ1v) is 7.43. The van der Waals surface area contributed by atoms with Gasteiger partial charge in [0.2, 0.25) is 0 Å². The van der Waals surface area contributed by atoms with E-state index < -0.39 is 0 Å². The Bertz CT molecular complexity index is 437. The molecule has 4 nitrogen and oxygen atoms in total. The van der Waals surface area contributed by atoms with E-state index in [9.17, 15) is 4.79 Å². The SMILES string of the molecule is COCCCN(CCOC)C(=O)c1cccc(C)c1Br. The molecule has 0 heterocycles. The number of methoxy groups -OCH3 is 2. The van der Waals surface area contributed by atoms with E-state index in [1.165, 1.54) is 0 Å². The van der Waals surface area contributed by atoms with E-state index in [1.807, 2.05) is 30.0 Å². The van der Waals surface area contributed by atoms with Gasteiger partial charge in [0.15, 0.2) is 0 Å². The van der Waals surface area contributed by atoms with Gasteiger partial charge in [-0.05, 0) is 40.9 Å². The zero-order chi connectivity index (χ0) is 15.0. The van der Waals surface area contributed by atoms with Crippen molar-refractivity contribution in [3.63, 3.8) is 0 Å². The maximum atomic E-state index is 12.6. The van der Waals surface area contributed by atoms with Gasteiger partial charge in [-0.15, -0.1) is 0 Å². The zero-order valence-corrected chi connectivity index (χ0v) is 13.9. The lowest BCUT2D eigenvalue weighted by molar-refractivity contribution is 0.0673. The van der Waals surface area contributed by atoms with Crippen molar-refractivity contribution >= 4 is 21.8 Å². The van der Waals surface area contributed by atoms with Crippen LogP contribution in [0.5, 0.6) is 0 Å². The third kappa shape index (κ3) is 4.89. The molecular formula is C15H22BrNO3. The van der Waals surface area contributed by atoms with Crippen molar-refractivity contribution in [2.45, 2.75) is 13.3 Å². The fourth-order valence-electron chi connectivity index (χ4n) is 1.90. The maximum Gasteiger partial charge on any atom is 0.255 e. The summed E-state index contributed by atoms with van der Waals surface area (Å²) < 4.78 is 11.0. The van der Waals surface area contributed by atoms with Crippen molar-refractivity contribution in [1.82, 2.24) is 4.90 Å². The molecule has 1 aromatic carbocycles. The number of benzene rings is 1. The van der Waals surface area contributed by atoms with E-state index in [-0.39, 0.29) is 5.91 Å². The summed E-state index contributed by atoms with van der Waals surface area (Å²) in [5, 5.41) is 0. The molecule has 0 aromatic heterocycles. The molecule has 0 fully saturated rings. The van der Waals surface area contributed by atoms with Crippen LogP contribution < -0.4 is 0 Å². The van der Waals surface area contributed by atoms with E-state index in [0.717, 1.165) is 16.5 Å². The van der Waals surface area contributed by atoms with Crippen LogP contribution in [-0.2, 0) is 9.47 Å². The lowest BCUT2D eigenvalue weighted by atomic mass is 10.1. The summed E-state index contributed by atoms with van der Waals surface area (Å²) in [6, 6.07) is 5.72. The molecule has 1 amide bonds.